The number of ether oxygens (including phenoxy) is 2. The maximum Gasteiger partial charge on any atom is 0.387 e. The summed E-state index contributed by atoms with van der Waals surface area (Å²) in [4.78, 5) is 24.8. The second kappa shape index (κ2) is 10.4. The van der Waals surface area contributed by atoms with Crippen molar-refractivity contribution in [1.29, 1.82) is 0 Å². The van der Waals surface area contributed by atoms with E-state index in [1.165, 1.54) is 19.2 Å². The Morgan fingerprint density at radius 1 is 1.15 bits per heavy atom. The molecule has 0 aliphatic heterocycles. The molecule has 0 saturated heterocycles. The Bertz CT molecular complexity index is 681. The van der Waals surface area contributed by atoms with Crippen molar-refractivity contribution in [3.63, 3.8) is 0 Å². The molecule has 0 aliphatic carbocycles. The number of rotatable bonds is 9. The minimum Gasteiger partial charge on any atom is -0.435 e. The highest BCUT2D eigenvalue weighted by atomic mass is 19.3. The molecule has 0 radical (unpaired) electrons. The van der Waals surface area contributed by atoms with Crippen LogP contribution in [-0.2, 0) is 9.59 Å². The molecule has 0 unspecified atom stereocenters. The third kappa shape index (κ3) is 8.43. The van der Waals surface area contributed by atoms with E-state index in [2.05, 4.69) is 14.8 Å². The summed E-state index contributed by atoms with van der Waals surface area (Å²) in [5.41, 5.74) is 0.0466. The van der Waals surface area contributed by atoms with Crippen molar-refractivity contribution in [3.8, 4) is 11.5 Å². The molecule has 0 heterocycles. The van der Waals surface area contributed by atoms with Crippen molar-refractivity contribution in [2.75, 3.05) is 13.6 Å². The van der Waals surface area contributed by atoms with E-state index in [1.54, 1.807) is 13.8 Å². The van der Waals surface area contributed by atoms with Crippen LogP contribution in [0.5, 0.6) is 11.5 Å². The van der Waals surface area contributed by atoms with Gasteiger partial charge in [-0.1, -0.05) is 0 Å². The van der Waals surface area contributed by atoms with Crippen molar-refractivity contribution in [1.82, 2.24) is 10.2 Å². The number of hydrogen-bond donors (Lipinski definition) is 1. The quantitative estimate of drug-likeness (QED) is 0.518. The molecule has 1 aromatic rings. The molecule has 0 saturated carbocycles. The van der Waals surface area contributed by atoms with Crippen LogP contribution in [0.2, 0.25) is 0 Å². The predicted molar refractivity (Wildman–Crippen MR) is 89.7 cm³/mol. The summed E-state index contributed by atoms with van der Waals surface area (Å²) in [6.45, 7) is -2.98. The first-order chi connectivity index (χ1) is 12.6. The number of hydrogen-bond acceptors (Lipinski definition) is 4. The van der Waals surface area contributed by atoms with E-state index in [-0.39, 0.29) is 29.8 Å². The summed E-state index contributed by atoms with van der Waals surface area (Å²) >= 11 is 0. The second-order valence-corrected chi connectivity index (χ2v) is 5.71. The van der Waals surface area contributed by atoms with Crippen molar-refractivity contribution in [2.45, 2.75) is 33.1 Å². The Balaban J connectivity index is 2.88. The van der Waals surface area contributed by atoms with Gasteiger partial charge in [0.25, 0.3) is 0 Å². The molecule has 2 amide bonds. The number of alkyl halides is 4. The minimum atomic E-state index is -3.20. The molecule has 6 nitrogen and oxygen atoms in total. The van der Waals surface area contributed by atoms with E-state index < -0.39 is 24.9 Å². The topological polar surface area (TPSA) is 67.9 Å². The number of likely N-dealkylation sites (N-methyl/N-ethyl adjacent to an activating group) is 1. The zero-order valence-electron chi connectivity index (χ0n) is 14.9. The maximum atomic E-state index is 12.5. The van der Waals surface area contributed by atoms with Gasteiger partial charge in [0.15, 0.2) is 0 Å². The Kier molecular flexibility index (Phi) is 8.57. The van der Waals surface area contributed by atoms with E-state index >= 15 is 0 Å². The SMILES string of the molecule is CC(C)NC(=O)CN(C)C(=O)/C=C/c1ccc(OC(F)F)cc1OC(F)F. The van der Waals surface area contributed by atoms with Gasteiger partial charge in [0.05, 0.1) is 6.54 Å². The van der Waals surface area contributed by atoms with Crippen LogP contribution in [0.1, 0.15) is 19.4 Å². The first kappa shape index (κ1) is 22.3. The van der Waals surface area contributed by atoms with Gasteiger partial charge in [-0.3, -0.25) is 9.59 Å². The largest absolute Gasteiger partial charge is 0.435 e. The zero-order valence-corrected chi connectivity index (χ0v) is 14.9. The zero-order chi connectivity index (χ0) is 20.6. The lowest BCUT2D eigenvalue weighted by Gasteiger charge is -2.16. The fraction of sp³-hybridized carbons (Fsp3) is 0.412. The van der Waals surface area contributed by atoms with Crippen LogP contribution in [0.3, 0.4) is 0 Å². The standard InChI is InChI=1S/C17H20F4N2O4/c1-10(2)22-14(24)9-23(3)15(25)7-5-11-4-6-12(26-16(18)19)8-13(11)27-17(20)21/h4-8,10,16-17H,9H2,1-3H3,(H,22,24)/b7-5+. The number of carbonyl (C=O) groups is 2. The molecule has 10 heteroatoms. The van der Waals surface area contributed by atoms with Gasteiger partial charge in [-0.25, -0.2) is 0 Å². The number of carbonyl (C=O) groups excluding carboxylic acids is 2. The molecular weight excluding hydrogens is 372 g/mol. The number of benzene rings is 1. The normalized spacial score (nSPS) is 11.3. The Hall–Kier alpha value is -2.78. The summed E-state index contributed by atoms with van der Waals surface area (Å²) in [7, 11) is 1.39. The predicted octanol–water partition coefficient (Wildman–Crippen LogP) is 2.89. The van der Waals surface area contributed by atoms with Gasteiger partial charge in [0.1, 0.15) is 11.5 Å². The van der Waals surface area contributed by atoms with Gasteiger partial charge >= 0.3 is 13.2 Å². The number of nitrogens with one attached hydrogen (secondary N) is 1. The molecule has 1 aromatic carbocycles. The first-order valence-corrected chi connectivity index (χ1v) is 7.84. The van der Waals surface area contributed by atoms with Crippen LogP contribution in [-0.4, -0.2) is 49.6 Å². The molecule has 0 aromatic heterocycles. The molecule has 0 atom stereocenters. The summed E-state index contributed by atoms with van der Waals surface area (Å²) in [5.74, 6) is -1.73. The molecule has 0 spiro atoms. The average Bonchev–Trinajstić information content (AvgIpc) is 2.51. The third-order valence-corrected chi connectivity index (χ3v) is 3.04. The molecule has 27 heavy (non-hydrogen) atoms. The molecular formula is C17H20F4N2O4. The Morgan fingerprint density at radius 3 is 2.33 bits per heavy atom. The highest BCUT2D eigenvalue weighted by Gasteiger charge is 2.14. The lowest BCUT2D eigenvalue weighted by atomic mass is 10.1. The van der Waals surface area contributed by atoms with Gasteiger partial charge in [-0.15, -0.1) is 0 Å². The molecule has 1 N–H and O–H groups in total. The van der Waals surface area contributed by atoms with Gasteiger partial charge in [-0.05, 0) is 32.1 Å². The third-order valence-electron chi connectivity index (χ3n) is 3.04. The van der Waals surface area contributed by atoms with Crippen molar-refractivity contribution in [2.24, 2.45) is 0 Å². The summed E-state index contributed by atoms with van der Waals surface area (Å²) in [5, 5.41) is 2.62. The first-order valence-electron chi connectivity index (χ1n) is 7.84. The van der Waals surface area contributed by atoms with E-state index in [1.807, 2.05) is 0 Å². The number of amides is 2. The molecule has 1 rings (SSSR count). The van der Waals surface area contributed by atoms with Crippen molar-refractivity contribution >= 4 is 17.9 Å². The van der Waals surface area contributed by atoms with E-state index in [4.69, 9.17) is 0 Å². The molecule has 0 fully saturated rings. The highest BCUT2D eigenvalue weighted by Crippen LogP contribution is 2.28. The smallest absolute Gasteiger partial charge is 0.387 e. The van der Waals surface area contributed by atoms with Crippen LogP contribution < -0.4 is 14.8 Å². The number of halogens is 4. The van der Waals surface area contributed by atoms with E-state index in [9.17, 15) is 27.2 Å². The summed E-state index contributed by atoms with van der Waals surface area (Å²) < 4.78 is 57.9. The fourth-order valence-electron chi connectivity index (χ4n) is 1.98. The lowest BCUT2D eigenvalue weighted by Crippen LogP contribution is -2.40. The van der Waals surface area contributed by atoms with Gasteiger partial charge in [0.2, 0.25) is 11.8 Å². The highest BCUT2D eigenvalue weighted by molar-refractivity contribution is 5.94. The van der Waals surface area contributed by atoms with Crippen LogP contribution in [0, 0.1) is 0 Å². The fourth-order valence-corrected chi connectivity index (χ4v) is 1.98. The van der Waals surface area contributed by atoms with Crippen molar-refractivity contribution < 1.29 is 36.6 Å². The monoisotopic (exact) mass is 392 g/mol. The minimum absolute atomic E-state index is 0.0466. The second-order valence-electron chi connectivity index (χ2n) is 5.71. The van der Waals surface area contributed by atoms with Crippen molar-refractivity contribution in [3.05, 3.63) is 29.8 Å². The van der Waals surface area contributed by atoms with E-state index in [0.717, 1.165) is 23.1 Å². The number of nitrogens with zero attached hydrogens (tertiary/aromatic N) is 1. The average molecular weight is 392 g/mol. The maximum absolute atomic E-state index is 12.5. The van der Waals surface area contributed by atoms with E-state index in [0.29, 0.717) is 0 Å². The van der Waals surface area contributed by atoms with Gasteiger partial charge in [0, 0.05) is 30.8 Å². The van der Waals surface area contributed by atoms with Gasteiger partial charge < -0.3 is 19.7 Å². The summed E-state index contributed by atoms with van der Waals surface area (Å²) in [6, 6.07) is 3.08. The van der Waals surface area contributed by atoms with Crippen LogP contribution >= 0.6 is 0 Å². The Labute approximate surface area is 153 Å². The molecule has 0 bridgehead atoms. The van der Waals surface area contributed by atoms with Gasteiger partial charge in [-0.2, -0.15) is 17.6 Å². The molecule has 150 valence electrons. The van der Waals surface area contributed by atoms with Crippen LogP contribution in [0.15, 0.2) is 24.3 Å². The lowest BCUT2D eigenvalue weighted by molar-refractivity contribution is -0.131. The molecule has 0 aliphatic rings. The Morgan fingerprint density at radius 2 is 1.78 bits per heavy atom. The summed E-state index contributed by atoms with van der Waals surface area (Å²) in [6.07, 6.45) is 2.22. The van der Waals surface area contributed by atoms with Crippen LogP contribution in [0.25, 0.3) is 6.08 Å². The van der Waals surface area contributed by atoms with Crippen LogP contribution in [0.4, 0.5) is 17.6 Å².